The van der Waals surface area contributed by atoms with E-state index in [4.69, 9.17) is 20.7 Å². The molecule has 5 N–H and O–H groups in total. The second-order valence-electron chi connectivity index (χ2n) is 11.5. The van der Waals surface area contributed by atoms with Gasteiger partial charge in [0.1, 0.15) is 17.5 Å². The van der Waals surface area contributed by atoms with Gasteiger partial charge in [0, 0.05) is 0 Å². The quantitative estimate of drug-likeness (QED) is 0.139. The van der Waals surface area contributed by atoms with E-state index in [0.717, 1.165) is 18.3 Å². The molecule has 0 saturated heterocycles. The Bertz CT molecular complexity index is 1480. The molecule has 1 unspecified atom stereocenters. The number of carbonyl (C=O) groups is 1. The number of rotatable bonds is 10. The Balaban J connectivity index is 0.000000317. The second kappa shape index (κ2) is 19.1. The van der Waals surface area contributed by atoms with Crippen molar-refractivity contribution in [3.8, 4) is 17.2 Å². The van der Waals surface area contributed by atoms with Crippen LogP contribution in [0.5, 0.6) is 17.2 Å². The predicted molar refractivity (Wildman–Crippen MR) is 218 cm³/mol. The van der Waals surface area contributed by atoms with Gasteiger partial charge >= 0.3 is 5.97 Å². The van der Waals surface area contributed by atoms with Crippen molar-refractivity contribution in [1.82, 2.24) is 0 Å². The first-order valence-electron chi connectivity index (χ1n) is 14.4. The first kappa shape index (κ1) is 40.2. The molecule has 10 heteroatoms. The van der Waals surface area contributed by atoms with Gasteiger partial charge < -0.3 is 25.8 Å². The number of halogens is 4. The highest BCUT2D eigenvalue weighted by atomic mass is 127. The number of ether oxygens (including phenoxy) is 1. The molecule has 0 aliphatic heterocycles. The van der Waals surface area contributed by atoms with Crippen molar-refractivity contribution in [1.29, 1.82) is 0 Å². The fourth-order valence-electron chi connectivity index (χ4n) is 4.73. The Hall–Kier alpha value is -0.950. The van der Waals surface area contributed by atoms with E-state index in [0.29, 0.717) is 24.1 Å². The SMILES string of the molecule is CC1=C(/C=C/C(C)=C/C=C/C(C)=C/CO)C(C)(C)CCC1.NC(Cc1cc(I)c(Oc2cc(I)c(O)c(I)c2)c(I)c1)C(=O)O. The lowest BCUT2D eigenvalue weighted by atomic mass is 9.72. The lowest BCUT2D eigenvalue weighted by Gasteiger charge is -2.32. The molecule has 1 atom stereocenters. The molecule has 3 rings (SSSR count). The van der Waals surface area contributed by atoms with Gasteiger partial charge in [0.15, 0.2) is 5.75 Å². The first-order chi connectivity index (χ1) is 21.0. The maximum absolute atomic E-state index is 10.9. The van der Waals surface area contributed by atoms with Crippen molar-refractivity contribution < 1.29 is 24.9 Å². The van der Waals surface area contributed by atoms with Gasteiger partial charge in [-0.25, -0.2) is 0 Å². The maximum atomic E-state index is 10.9. The molecule has 0 amide bonds. The van der Waals surface area contributed by atoms with Crippen LogP contribution in [0.25, 0.3) is 0 Å². The van der Waals surface area contributed by atoms with Crippen LogP contribution < -0.4 is 10.5 Å². The lowest BCUT2D eigenvalue weighted by molar-refractivity contribution is -0.138. The van der Waals surface area contributed by atoms with Gasteiger partial charge in [0.25, 0.3) is 0 Å². The lowest BCUT2D eigenvalue weighted by Crippen LogP contribution is -2.32. The highest BCUT2D eigenvalue weighted by molar-refractivity contribution is 14.1. The molecule has 2 aromatic carbocycles. The van der Waals surface area contributed by atoms with E-state index >= 15 is 0 Å². The largest absolute Gasteiger partial charge is 0.506 e. The van der Waals surface area contributed by atoms with Crippen molar-refractivity contribution in [3.63, 3.8) is 0 Å². The molecule has 1 aliphatic carbocycles. The van der Waals surface area contributed by atoms with E-state index in [9.17, 15) is 9.90 Å². The van der Waals surface area contributed by atoms with Crippen molar-refractivity contribution in [2.24, 2.45) is 11.1 Å². The van der Waals surface area contributed by atoms with Crippen LogP contribution in [0.4, 0.5) is 0 Å². The number of phenols is 1. The Kier molecular flexibility index (Phi) is 17.1. The fourth-order valence-corrected chi connectivity index (χ4v) is 8.56. The van der Waals surface area contributed by atoms with E-state index in [2.05, 4.69) is 136 Å². The molecular weight excluding hydrogens is 1020 g/mol. The molecule has 244 valence electrons. The number of aliphatic hydroxyl groups excluding tert-OH is 1. The van der Waals surface area contributed by atoms with Crippen LogP contribution in [0.2, 0.25) is 0 Å². The number of phenolic OH excluding ortho intramolecular Hbond substituents is 1. The Morgan fingerprint density at radius 1 is 1.02 bits per heavy atom. The Labute approximate surface area is 321 Å². The van der Waals surface area contributed by atoms with Crippen LogP contribution in [-0.2, 0) is 11.2 Å². The van der Waals surface area contributed by atoms with E-state index in [1.165, 1.54) is 36.0 Å². The summed E-state index contributed by atoms with van der Waals surface area (Å²) in [5.74, 6) is 0.549. The fraction of sp³-hybridized carbons (Fsp3) is 0.343. The van der Waals surface area contributed by atoms with Crippen molar-refractivity contribution in [3.05, 3.63) is 103 Å². The molecule has 45 heavy (non-hydrogen) atoms. The number of aliphatic carboxylic acids is 1. The standard InChI is InChI=1S/C20H30O.C15H11I4NO4/c1-16(8-6-9-17(2)13-15-21)11-12-19-18(3)10-7-14-20(19,4)5;16-8-4-7(5-9(17)13(8)21)24-14-10(18)1-6(2-11(14)19)3-12(20)15(22)23/h6,8-9,11-13,21H,7,10,14-15H2,1-5H3;1-2,4-5,12,21H,3,20H2,(H,22,23)/b9-6+,12-11+,16-8+,17-13+;. The van der Waals surface area contributed by atoms with Gasteiger partial charge in [0.2, 0.25) is 0 Å². The number of aliphatic hydroxyl groups is 1. The monoisotopic (exact) mass is 1060 g/mol. The van der Waals surface area contributed by atoms with Crippen LogP contribution in [0.3, 0.4) is 0 Å². The van der Waals surface area contributed by atoms with Crippen LogP contribution >= 0.6 is 90.4 Å². The highest BCUT2D eigenvalue weighted by Crippen LogP contribution is 2.41. The molecule has 1 aliphatic rings. The van der Waals surface area contributed by atoms with Gasteiger partial charge in [-0.3, -0.25) is 4.79 Å². The molecule has 0 bridgehead atoms. The smallest absolute Gasteiger partial charge is 0.320 e. The summed E-state index contributed by atoms with van der Waals surface area (Å²) in [6, 6.07) is 6.34. The molecule has 2 aromatic rings. The summed E-state index contributed by atoms with van der Waals surface area (Å²) >= 11 is 8.42. The zero-order valence-electron chi connectivity index (χ0n) is 26.1. The molecule has 0 heterocycles. The third kappa shape index (κ3) is 13.2. The maximum Gasteiger partial charge on any atom is 0.320 e. The highest BCUT2D eigenvalue weighted by Gasteiger charge is 2.26. The minimum absolute atomic E-state index is 0.0985. The summed E-state index contributed by atoms with van der Waals surface area (Å²) in [5.41, 5.74) is 12.1. The van der Waals surface area contributed by atoms with E-state index in [1.54, 1.807) is 18.2 Å². The summed E-state index contributed by atoms with van der Waals surface area (Å²) in [6.45, 7) is 11.2. The molecular formula is C35H41I4NO5. The van der Waals surface area contributed by atoms with Gasteiger partial charge in [-0.15, -0.1) is 0 Å². The van der Waals surface area contributed by atoms with E-state index in [1.807, 2.05) is 31.2 Å². The molecule has 0 spiro atoms. The zero-order chi connectivity index (χ0) is 33.9. The van der Waals surface area contributed by atoms with Crippen LogP contribution in [-0.4, -0.2) is 33.9 Å². The number of benzene rings is 2. The summed E-state index contributed by atoms with van der Waals surface area (Å²) in [7, 11) is 0. The number of carboxylic acid groups (broad SMARTS) is 1. The van der Waals surface area contributed by atoms with Crippen LogP contribution in [0.1, 0.15) is 59.4 Å². The van der Waals surface area contributed by atoms with E-state index < -0.39 is 12.0 Å². The van der Waals surface area contributed by atoms with Gasteiger partial charge in [-0.1, -0.05) is 67.0 Å². The number of nitrogens with two attached hydrogens (primary N) is 1. The van der Waals surface area contributed by atoms with Crippen LogP contribution in [0, 0.1) is 19.7 Å². The number of carboxylic acids is 1. The van der Waals surface area contributed by atoms with Crippen molar-refractivity contribution in [2.45, 2.75) is 66.3 Å². The summed E-state index contributed by atoms with van der Waals surface area (Å²) in [6.07, 6.45) is 16.5. The average molecular weight is 1060 g/mol. The predicted octanol–water partition coefficient (Wildman–Crippen LogP) is 10.1. The number of hydrogen-bond acceptors (Lipinski definition) is 5. The summed E-state index contributed by atoms with van der Waals surface area (Å²) in [5, 5.41) is 27.6. The summed E-state index contributed by atoms with van der Waals surface area (Å²) < 4.78 is 9.14. The number of hydrogen-bond donors (Lipinski definition) is 4. The zero-order valence-corrected chi connectivity index (χ0v) is 34.8. The molecule has 0 radical (unpaired) electrons. The number of aromatic hydroxyl groups is 1. The van der Waals surface area contributed by atoms with Gasteiger partial charge in [0.05, 0.1) is 20.9 Å². The summed E-state index contributed by atoms with van der Waals surface area (Å²) in [4.78, 5) is 10.9. The second-order valence-corrected chi connectivity index (χ2v) is 16.2. The minimum Gasteiger partial charge on any atom is -0.506 e. The first-order valence-corrected chi connectivity index (χ1v) is 18.7. The third-order valence-corrected chi connectivity index (χ3v) is 10.5. The van der Waals surface area contributed by atoms with Crippen LogP contribution in [0.15, 0.2) is 83.0 Å². The molecule has 0 fully saturated rings. The van der Waals surface area contributed by atoms with Crippen molar-refractivity contribution in [2.75, 3.05) is 6.61 Å². The normalized spacial score (nSPS) is 16.2. The molecule has 6 nitrogen and oxygen atoms in total. The molecule has 0 saturated carbocycles. The Morgan fingerprint density at radius 3 is 2.16 bits per heavy atom. The molecule has 0 aromatic heterocycles. The third-order valence-electron chi connectivity index (χ3n) is 7.23. The average Bonchev–Trinajstić information content (AvgIpc) is 2.93. The van der Waals surface area contributed by atoms with Gasteiger partial charge in [-0.05, 0) is 178 Å². The van der Waals surface area contributed by atoms with Gasteiger partial charge in [-0.2, -0.15) is 0 Å². The topological polar surface area (TPSA) is 113 Å². The minimum atomic E-state index is -1.02. The van der Waals surface area contributed by atoms with E-state index in [-0.39, 0.29) is 18.8 Å². The number of allylic oxidation sites excluding steroid dienone is 9. The van der Waals surface area contributed by atoms with Crippen molar-refractivity contribution >= 4 is 96.3 Å². The Morgan fingerprint density at radius 2 is 1.62 bits per heavy atom.